The molecule has 2 N–H and O–H groups in total. The summed E-state index contributed by atoms with van der Waals surface area (Å²) in [6.07, 6.45) is -3.18. The quantitative estimate of drug-likeness (QED) is 0.756. The Morgan fingerprint density at radius 3 is 2.35 bits per heavy atom. The van der Waals surface area contributed by atoms with Crippen molar-refractivity contribution in [2.45, 2.75) is 19.1 Å². The summed E-state index contributed by atoms with van der Waals surface area (Å²) in [5.74, 6) is -0.145. The lowest BCUT2D eigenvalue weighted by atomic mass is 10.0. The fraction of sp³-hybridized carbons (Fsp3) is 0.462. The molecule has 0 bridgehead atoms. The minimum Gasteiger partial charge on any atom is -0.496 e. The van der Waals surface area contributed by atoms with E-state index in [-0.39, 0.29) is 12.2 Å². The first-order valence-corrected chi connectivity index (χ1v) is 6.69. The maximum atomic E-state index is 11.5. The maximum absolute atomic E-state index is 11.5. The molecule has 1 rings (SSSR count). The van der Waals surface area contributed by atoms with Gasteiger partial charge in [0.2, 0.25) is 0 Å². The van der Waals surface area contributed by atoms with E-state index >= 15 is 0 Å². The lowest BCUT2D eigenvalue weighted by Gasteiger charge is -2.20. The molecule has 2 unspecified atom stereocenters. The van der Waals surface area contributed by atoms with Crippen molar-refractivity contribution >= 4 is 21.9 Å². The van der Waals surface area contributed by atoms with Crippen LogP contribution < -0.4 is 9.47 Å². The highest BCUT2D eigenvalue weighted by Gasteiger charge is 2.30. The van der Waals surface area contributed by atoms with Crippen LogP contribution in [-0.4, -0.2) is 43.1 Å². The molecular formula is C13H17BrO6. The van der Waals surface area contributed by atoms with E-state index in [9.17, 15) is 15.0 Å². The van der Waals surface area contributed by atoms with Gasteiger partial charge in [0, 0.05) is 5.56 Å². The molecule has 0 saturated heterocycles. The predicted molar refractivity (Wildman–Crippen MR) is 74.8 cm³/mol. The second-order valence-corrected chi connectivity index (χ2v) is 4.72. The molecule has 0 aromatic heterocycles. The lowest BCUT2D eigenvalue weighted by Crippen LogP contribution is -2.30. The molecule has 0 heterocycles. The summed E-state index contributed by atoms with van der Waals surface area (Å²) in [6, 6.07) is 3.06. The van der Waals surface area contributed by atoms with Crippen LogP contribution in [0.2, 0.25) is 0 Å². The van der Waals surface area contributed by atoms with E-state index in [0.717, 1.165) is 0 Å². The zero-order valence-corrected chi connectivity index (χ0v) is 13.0. The second-order valence-electron chi connectivity index (χ2n) is 3.87. The number of aliphatic hydroxyl groups is 2. The van der Waals surface area contributed by atoms with Gasteiger partial charge in [-0.1, -0.05) is 0 Å². The van der Waals surface area contributed by atoms with Crippen molar-refractivity contribution in [2.24, 2.45) is 0 Å². The molecule has 0 saturated carbocycles. The van der Waals surface area contributed by atoms with E-state index in [0.29, 0.717) is 16.0 Å². The molecule has 1 aromatic rings. The number of hydrogen-bond acceptors (Lipinski definition) is 6. The summed E-state index contributed by atoms with van der Waals surface area (Å²) in [5.41, 5.74) is 0.230. The topological polar surface area (TPSA) is 85.2 Å². The molecule has 6 nitrogen and oxygen atoms in total. The third kappa shape index (κ3) is 3.62. The molecular weight excluding hydrogens is 332 g/mol. The molecule has 2 atom stereocenters. The number of benzene rings is 1. The summed E-state index contributed by atoms with van der Waals surface area (Å²) in [7, 11) is 2.88. The molecule has 0 radical (unpaired) electrons. The van der Waals surface area contributed by atoms with Gasteiger partial charge >= 0.3 is 5.97 Å². The van der Waals surface area contributed by atoms with Crippen LogP contribution >= 0.6 is 15.9 Å². The van der Waals surface area contributed by atoms with Crippen LogP contribution in [0.4, 0.5) is 0 Å². The highest BCUT2D eigenvalue weighted by atomic mass is 79.9. The highest BCUT2D eigenvalue weighted by molar-refractivity contribution is 9.10. The van der Waals surface area contributed by atoms with Gasteiger partial charge in [-0.2, -0.15) is 0 Å². The Morgan fingerprint density at radius 2 is 1.85 bits per heavy atom. The average molecular weight is 349 g/mol. The van der Waals surface area contributed by atoms with Crippen LogP contribution in [-0.2, 0) is 9.53 Å². The average Bonchev–Trinajstić information content (AvgIpc) is 2.45. The minimum atomic E-state index is -1.70. The molecule has 0 aliphatic heterocycles. The Balaban J connectivity index is 3.13. The molecule has 0 spiro atoms. The standard InChI is InChI=1S/C13H17BrO6/c1-4-20-13(17)12(16)11(15)7-5-10(19-3)8(14)6-9(7)18-2/h5-6,11-12,15-16H,4H2,1-3H3. The Kier molecular flexibility index (Phi) is 6.25. The van der Waals surface area contributed by atoms with Gasteiger partial charge in [0.25, 0.3) is 0 Å². The minimum absolute atomic E-state index is 0.114. The highest BCUT2D eigenvalue weighted by Crippen LogP contribution is 2.36. The first-order chi connectivity index (χ1) is 9.46. The summed E-state index contributed by atoms with van der Waals surface area (Å²) in [6.45, 7) is 1.73. The maximum Gasteiger partial charge on any atom is 0.338 e. The fourth-order valence-corrected chi connectivity index (χ4v) is 2.13. The second kappa shape index (κ2) is 7.47. The summed E-state index contributed by atoms with van der Waals surface area (Å²) in [5, 5.41) is 19.9. The van der Waals surface area contributed by atoms with Gasteiger partial charge < -0.3 is 24.4 Å². The monoisotopic (exact) mass is 348 g/mol. The molecule has 20 heavy (non-hydrogen) atoms. The first-order valence-electron chi connectivity index (χ1n) is 5.90. The summed E-state index contributed by atoms with van der Waals surface area (Å²) < 4.78 is 15.5. The first kappa shape index (κ1) is 16.7. The van der Waals surface area contributed by atoms with Crippen LogP contribution in [0.15, 0.2) is 16.6 Å². The predicted octanol–water partition coefficient (Wildman–Crippen LogP) is 1.42. The van der Waals surface area contributed by atoms with Gasteiger partial charge in [0.05, 0.1) is 25.3 Å². The van der Waals surface area contributed by atoms with Crippen molar-refractivity contribution < 1.29 is 29.2 Å². The van der Waals surface area contributed by atoms with Gasteiger partial charge in [-0.05, 0) is 35.0 Å². The van der Waals surface area contributed by atoms with E-state index < -0.39 is 18.2 Å². The van der Waals surface area contributed by atoms with Gasteiger partial charge in [-0.25, -0.2) is 4.79 Å². The third-order valence-corrected chi connectivity index (χ3v) is 3.27. The lowest BCUT2D eigenvalue weighted by molar-refractivity contribution is -0.159. The Hall–Kier alpha value is -1.31. The molecule has 0 fully saturated rings. The van der Waals surface area contributed by atoms with Crippen LogP contribution in [0.25, 0.3) is 0 Å². The van der Waals surface area contributed by atoms with Crippen LogP contribution in [0.3, 0.4) is 0 Å². The van der Waals surface area contributed by atoms with Crippen molar-refractivity contribution in [3.8, 4) is 11.5 Å². The van der Waals surface area contributed by atoms with E-state index in [4.69, 9.17) is 9.47 Å². The molecule has 0 amide bonds. The van der Waals surface area contributed by atoms with Crippen molar-refractivity contribution in [3.05, 3.63) is 22.2 Å². The number of ether oxygens (including phenoxy) is 3. The number of carbonyl (C=O) groups excluding carboxylic acids is 1. The van der Waals surface area contributed by atoms with Gasteiger partial charge in [0.1, 0.15) is 17.6 Å². The molecule has 112 valence electrons. The number of carbonyl (C=O) groups is 1. The molecule has 0 aliphatic carbocycles. The molecule has 7 heteroatoms. The fourth-order valence-electron chi connectivity index (χ4n) is 1.64. The number of rotatable bonds is 6. The number of methoxy groups -OCH3 is 2. The van der Waals surface area contributed by atoms with Crippen LogP contribution in [0.5, 0.6) is 11.5 Å². The Labute approximate surface area is 125 Å². The van der Waals surface area contributed by atoms with Crippen molar-refractivity contribution in [1.82, 2.24) is 0 Å². The summed E-state index contributed by atoms with van der Waals surface area (Å²) >= 11 is 3.28. The van der Waals surface area contributed by atoms with Crippen molar-refractivity contribution in [2.75, 3.05) is 20.8 Å². The SMILES string of the molecule is CCOC(=O)C(O)C(O)c1cc(OC)c(Br)cc1OC. The molecule has 0 aliphatic rings. The number of esters is 1. The normalized spacial score (nSPS) is 13.5. The Morgan fingerprint density at radius 1 is 1.25 bits per heavy atom. The van der Waals surface area contributed by atoms with Crippen molar-refractivity contribution in [3.63, 3.8) is 0 Å². The van der Waals surface area contributed by atoms with Gasteiger partial charge in [-0.3, -0.25) is 0 Å². The largest absolute Gasteiger partial charge is 0.496 e. The zero-order valence-electron chi connectivity index (χ0n) is 11.4. The van der Waals surface area contributed by atoms with Crippen molar-refractivity contribution in [1.29, 1.82) is 0 Å². The zero-order chi connectivity index (χ0) is 15.3. The van der Waals surface area contributed by atoms with Gasteiger partial charge in [0.15, 0.2) is 6.10 Å². The van der Waals surface area contributed by atoms with E-state index in [1.54, 1.807) is 13.0 Å². The van der Waals surface area contributed by atoms with E-state index in [2.05, 4.69) is 20.7 Å². The summed E-state index contributed by atoms with van der Waals surface area (Å²) in [4.78, 5) is 11.5. The third-order valence-electron chi connectivity index (χ3n) is 2.65. The number of aliphatic hydroxyl groups excluding tert-OH is 2. The smallest absolute Gasteiger partial charge is 0.338 e. The van der Waals surface area contributed by atoms with Crippen LogP contribution in [0, 0.1) is 0 Å². The van der Waals surface area contributed by atoms with E-state index in [1.807, 2.05) is 0 Å². The van der Waals surface area contributed by atoms with Crippen LogP contribution in [0.1, 0.15) is 18.6 Å². The Bertz CT molecular complexity index is 476. The van der Waals surface area contributed by atoms with Gasteiger partial charge in [-0.15, -0.1) is 0 Å². The molecule has 1 aromatic carbocycles. The van der Waals surface area contributed by atoms with E-state index in [1.165, 1.54) is 20.3 Å². The number of halogens is 1. The number of hydrogen-bond donors (Lipinski definition) is 2.